The molecule has 0 saturated heterocycles. The number of nitrogens with zero attached hydrogens (tertiary/aromatic N) is 2. The van der Waals surface area contributed by atoms with E-state index in [9.17, 15) is 9.59 Å². The summed E-state index contributed by atoms with van der Waals surface area (Å²) in [6, 6.07) is 16.0. The van der Waals surface area contributed by atoms with Crippen molar-refractivity contribution < 1.29 is 9.59 Å². The lowest BCUT2D eigenvalue weighted by atomic mass is 10.1. The first-order valence-electron chi connectivity index (χ1n) is 6.94. The van der Waals surface area contributed by atoms with Crippen molar-refractivity contribution in [3.8, 4) is 6.07 Å². The molecule has 2 N–H and O–H groups in total. The van der Waals surface area contributed by atoms with Crippen molar-refractivity contribution in [2.75, 3.05) is 5.32 Å². The van der Waals surface area contributed by atoms with Crippen molar-refractivity contribution in [3.05, 3.63) is 64.1 Å². The third kappa shape index (κ3) is 5.34. The van der Waals surface area contributed by atoms with Crippen molar-refractivity contribution in [1.29, 1.82) is 5.26 Å². The summed E-state index contributed by atoms with van der Waals surface area (Å²) in [5.74, 6) is -1.70. The maximum Gasteiger partial charge on any atom is 0.329 e. The van der Waals surface area contributed by atoms with Crippen LogP contribution in [0.1, 0.15) is 11.1 Å². The number of halogens is 1. The second-order valence-corrected chi connectivity index (χ2v) is 5.66. The normalized spacial score (nSPS) is 10.2. The molecule has 120 valence electrons. The number of hydrazone groups is 1. The Balaban J connectivity index is 1.88. The maximum atomic E-state index is 11.8. The van der Waals surface area contributed by atoms with E-state index in [2.05, 4.69) is 31.8 Å². The summed E-state index contributed by atoms with van der Waals surface area (Å²) in [5, 5.41) is 14.8. The predicted molar refractivity (Wildman–Crippen MR) is 94.3 cm³/mol. The quantitative estimate of drug-likeness (QED) is 0.481. The van der Waals surface area contributed by atoms with Gasteiger partial charge in [0.1, 0.15) is 0 Å². The molecule has 7 heteroatoms. The van der Waals surface area contributed by atoms with Gasteiger partial charge in [0.05, 0.1) is 18.7 Å². The summed E-state index contributed by atoms with van der Waals surface area (Å²) in [7, 11) is 0. The van der Waals surface area contributed by atoms with Gasteiger partial charge in [-0.05, 0) is 35.4 Å². The largest absolute Gasteiger partial charge is 0.329 e. The molecule has 24 heavy (non-hydrogen) atoms. The van der Waals surface area contributed by atoms with Crippen molar-refractivity contribution >= 4 is 39.6 Å². The van der Waals surface area contributed by atoms with Crippen LogP contribution in [0.2, 0.25) is 0 Å². The molecule has 6 nitrogen and oxygen atoms in total. The smallest absolute Gasteiger partial charge is 0.318 e. The number of anilines is 1. The Morgan fingerprint density at radius 2 is 1.92 bits per heavy atom. The molecule has 0 saturated carbocycles. The molecule has 0 heterocycles. The molecule has 2 amide bonds. The SMILES string of the molecule is N#CCc1ccc(NC(=O)C(=O)N/N=C/c2cccc(Br)c2)cc1. The minimum Gasteiger partial charge on any atom is -0.318 e. The van der Waals surface area contributed by atoms with Crippen LogP contribution in [0.25, 0.3) is 0 Å². The van der Waals surface area contributed by atoms with Gasteiger partial charge < -0.3 is 5.32 Å². The molecular weight excluding hydrogens is 372 g/mol. The second-order valence-electron chi connectivity index (χ2n) is 4.74. The molecule has 0 bridgehead atoms. The average molecular weight is 385 g/mol. The van der Waals surface area contributed by atoms with E-state index in [0.29, 0.717) is 12.1 Å². The molecule has 0 fully saturated rings. The summed E-state index contributed by atoms with van der Waals surface area (Å²) in [5.41, 5.74) is 4.24. The van der Waals surface area contributed by atoms with Gasteiger partial charge in [-0.1, -0.05) is 40.2 Å². The number of amides is 2. The highest BCUT2D eigenvalue weighted by Gasteiger charge is 2.12. The number of carbonyl (C=O) groups is 2. The van der Waals surface area contributed by atoms with Gasteiger partial charge in [-0.2, -0.15) is 10.4 Å². The van der Waals surface area contributed by atoms with Gasteiger partial charge in [-0.25, -0.2) is 5.43 Å². The summed E-state index contributed by atoms with van der Waals surface area (Å²) in [4.78, 5) is 23.4. The average Bonchev–Trinajstić information content (AvgIpc) is 2.57. The van der Waals surface area contributed by atoms with Crippen LogP contribution in [-0.4, -0.2) is 18.0 Å². The minimum atomic E-state index is -0.873. The molecule has 2 aromatic carbocycles. The van der Waals surface area contributed by atoms with E-state index in [1.54, 1.807) is 24.3 Å². The Kier molecular flexibility index (Phi) is 6.23. The number of nitriles is 1. The van der Waals surface area contributed by atoms with Crippen molar-refractivity contribution in [2.24, 2.45) is 5.10 Å². The zero-order valence-corrected chi connectivity index (χ0v) is 14.1. The third-order valence-electron chi connectivity index (χ3n) is 2.93. The minimum absolute atomic E-state index is 0.291. The lowest BCUT2D eigenvalue weighted by Gasteiger charge is -2.04. The van der Waals surface area contributed by atoms with Crippen LogP contribution >= 0.6 is 15.9 Å². The van der Waals surface area contributed by atoms with E-state index in [4.69, 9.17) is 5.26 Å². The number of carbonyl (C=O) groups excluding carboxylic acids is 2. The van der Waals surface area contributed by atoms with Crippen LogP contribution in [0, 0.1) is 11.3 Å². The molecule has 0 unspecified atom stereocenters. The Bertz CT molecular complexity index is 810. The number of rotatable bonds is 4. The molecule has 2 aromatic rings. The van der Waals surface area contributed by atoms with Crippen LogP contribution in [0.4, 0.5) is 5.69 Å². The van der Waals surface area contributed by atoms with E-state index >= 15 is 0 Å². The highest BCUT2D eigenvalue weighted by molar-refractivity contribution is 9.10. The summed E-state index contributed by atoms with van der Waals surface area (Å²) in [6.45, 7) is 0. The highest BCUT2D eigenvalue weighted by atomic mass is 79.9. The zero-order valence-electron chi connectivity index (χ0n) is 12.5. The monoisotopic (exact) mass is 384 g/mol. The molecule has 2 rings (SSSR count). The van der Waals surface area contributed by atoms with Crippen LogP contribution < -0.4 is 10.7 Å². The lowest BCUT2D eigenvalue weighted by molar-refractivity contribution is -0.136. The van der Waals surface area contributed by atoms with Gasteiger partial charge in [-0.15, -0.1) is 0 Å². The molecule has 0 aromatic heterocycles. The van der Waals surface area contributed by atoms with Gasteiger partial charge in [0.2, 0.25) is 0 Å². The zero-order chi connectivity index (χ0) is 17.4. The first kappa shape index (κ1) is 17.4. The Morgan fingerprint density at radius 3 is 2.58 bits per heavy atom. The van der Waals surface area contributed by atoms with E-state index in [1.807, 2.05) is 30.3 Å². The summed E-state index contributed by atoms with van der Waals surface area (Å²) in [6.07, 6.45) is 1.73. The van der Waals surface area contributed by atoms with E-state index in [-0.39, 0.29) is 0 Å². The van der Waals surface area contributed by atoms with E-state index in [1.165, 1.54) is 6.21 Å². The number of hydrogen-bond donors (Lipinski definition) is 2. The van der Waals surface area contributed by atoms with Crippen molar-refractivity contribution in [3.63, 3.8) is 0 Å². The first-order chi connectivity index (χ1) is 11.6. The number of benzene rings is 2. The topological polar surface area (TPSA) is 94.4 Å². The van der Waals surface area contributed by atoms with E-state index in [0.717, 1.165) is 15.6 Å². The molecule has 0 aliphatic rings. The van der Waals surface area contributed by atoms with Gasteiger partial charge in [0.25, 0.3) is 0 Å². The van der Waals surface area contributed by atoms with Crippen LogP contribution in [0.3, 0.4) is 0 Å². The summed E-state index contributed by atoms with van der Waals surface area (Å²) >= 11 is 3.33. The van der Waals surface area contributed by atoms with Crippen molar-refractivity contribution in [2.45, 2.75) is 6.42 Å². The van der Waals surface area contributed by atoms with Gasteiger partial charge in [-0.3, -0.25) is 9.59 Å². The molecule has 0 atom stereocenters. The Labute approximate surface area is 147 Å². The highest BCUT2D eigenvalue weighted by Crippen LogP contribution is 2.10. The summed E-state index contributed by atoms with van der Waals surface area (Å²) < 4.78 is 0.885. The Hall–Kier alpha value is -2.98. The standard InChI is InChI=1S/C17H13BrN4O2/c18-14-3-1-2-13(10-14)11-20-22-17(24)16(23)21-15-6-4-12(5-7-15)8-9-19/h1-7,10-11H,8H2,(H,21,23)(H,22,24)/b20-11+. The van der Waals surface area contributed by atoms with Gasteiger partial charge in [0, 0.05) is 10.2 Å². The number of hydrogen-bond acceptors (Lipinski definition) is 4. The van der Waals surface area contributed by atoms with Gasteiger partial charge >= 0.3 is 11.8 Å². The fraction of sp³-hybridized carbons (Fsp3) is 0.0588. The predicted octanol–water partition coefficient (Wildman–Crippen LogP) is 2.60. The maximum absolute atomic E-state index is 11.8. The lowest BCUT2D eigenvalue weighted by Crippen LogP contribution is -2.32. The fourth-order valence-electron chi connectivity index (χ4n) is 1.79. The van der Waals surface area contributed by atoms with Crippen LogP contribution in [0.5, 0.6) is 0 Å². The van der Waals surface area contributed by atoms with Gasteiger partial charge in [0.15, 0.2) is 0 Å². The molecule has 0 radical (unpaired) electrons. The molecule has 0 aliphatic carbocycles. The van der Waals surface area contributed by atoms with E-state index < -0.39 is 11.8 Å². The molecule has 0 aliphatic heterocycles. The van der Waals surface area contributed by atoms with Crippen LogP contribution in [0.15, 0.2) is 58.1 Å². The third-order valence-corrected chi connectivity index (χ3v) is 3.42. The van der Waals surface area contributed by atoms with Crippen LogP contribution in [-0.2, 0) is 16.0 Å². The first-order valence-corrected chi connectivity index (χ1v) is 7.73. The Morgan fingerprint density at radius 1 is 1.17 bits per heavy atom. The van der Waals surface area contributed by atoms with Crippen molar-refractivity contribution in [1.82, 2.24) is 5.43 Å². The molecular formula is C17H13BrN4O2. The fourth-order valence-corrected chi connectivity index (χ4v) is 2.21. The molecule has 0 spiro atoms. The second kappa shape index (κ2) is 8.60. The number of nitrogens with one attached hydrogen (secondary N) is 2.